The largest absolute Gasteiger partial charge is 0.458 e. The number of nitrogen functional groups attached to an aromatic ring is 1. The average Bonchev–Trinajstić information content (AvgIpc) is 2.51. The van der Waals surface area contributed by atoms with Gasteiger partial charge in [0.1, 0.15) is 6.61 Å². The Morgan fingerprint density at radius 1 is 1.43 bits per heavy atom. The van der Waals surface area contributed by atoms with Crippen LogP contribution in [0.4, 0.5) is 5.69 Å². The summed E-state index contributed by atoms with van der Waals surface area (Å²) in [6.07, 6.45) is 2.28. The van der Waals surface area contributed by atoms with E-state index in [0.29, 0.717) is 6.61 Å². The normalized spacial score (nSPS) is 15.1. The molecule has 0 bridgehead atoms. The quantitative estimate of drug-likeness (QED) is 0.563. The standard InChI is InChI=1S/C11H11NO2/c12-10-3-1-2-8(5-10)4-9-6-11(13)14-7-9/h1-3,5-6H,4,7,12H2. The molecule has 0 spiro atoms. The first-order valence-electron chi connectivity index (χ1n) is 4.44. The molecule has 0 unspecified atom stereocenters. The zero-order valence-electron chi connectivity index (χ0n) is 7.69. The van der Waals surface area contributed by atoms with Gasteiger partial charge in [0.25, 0.3) is 0 Å². The van der Waals surface area contributed by atoms with Crippen LogP contribution in [0.1, 0.15) is 5.56 Å². The van der Waals surface area contributed by atoms with Crippen LogP contribution in [0.2, 0.25) is 0 Å². The molecule has 3 nitrogen and oxygen atoms in total. The lowest BCUT2D eigenvalue weighted by Gasteiger charge is -2.01. The molecular formula is C11H11NO2. The third kappa shape index (κ3) is 1.93. The van der Waals surface area contributed by atoms with Crippen LogP contribution in [0.3, 0.4) is 0 Å². The van der Waals surface area contributed by atoms with Crippen LogP contribution in [0.15, 0.2) is 35.9 Å². The number of esters is 1. The molecule has 0 amide bonds. The lowest BCUT2D eigenvalue weighted by atomic mass is 10.1. The van der Waals surface area contributed by atoms with E-state index in [0.717, 1.165) is 23.2 Å². The second-order valence-corrected chi connectivity index (χ2v) is 3.33. The average molecular weight is 189 g/mol. The van der Waals surface area contributed by atoms with Crippen molar-refractivity contribution in [2.45, 2.75) is 6.42 Å². The molecule has 14 heavy (non-hydrogen) atoms. The molecule has 3 heteroatoms. The van der Waals surface area contributed by atoms with Gasteiger partial charge in [-0.1, -0.05) is 12.1 Å². The highest BCUT2D eigenvalue weighted by molar-refractivity contribution is 5.85. The van der Waals surface area contributed by atoms with Gasteiger partial charge in [0.15, 0.2) is 0 Å². The van der Waals surface area contributed by atoms with Gasteiger partial charge in [0.2, 0.25) is 0 Å². The van der Waals surface area contributed by atoms with Gasteiger partial charge in [0, 0.05) is 11.8 Å². The highest BCUT2D eigenvalue weighted by Gasteiger charge is 2.12. The SMILES string of the molecule is Nc1cccc(CC2=CC(=O)OC2)c1. The minimum atomic E-state index is -0.246. The first-order valence-corrected chi connectivity index (χ1v) is 4.44. The van der Waals surface area contributed by atoms with Crippen LogP contribution < -0.4 is 5.73 Å². The topological polar surface area (TPSA) is 52.3 Å². The molecule has 72 valence electrons. The number of nitrogens with two attached hydrogens (primary N) is 1. The smallest absolute Gasteiger partial charge is 0.331 e. The predicted molar refractivity (Wildman–Crippen MR) is 53.6 cm³/mol. The van der Waals surface area contributed by atoms with Crippen LogP contribution in [0.25, 0.3) is 0 Å². The first kappa shape index (κ1) is 8.81. The predicted octanol–water partition coefficient (Wildman–Crippen LogP) is 1.29. The molecule has 0 saturated carbocycles. The summed E-state index contributed by atoms with van der Waals surface area (Å²) in [5.74, 6) is -0.246. The van der Waals surface area contributed by atoms with Gasteiger partial charge >= 0.3 is 5.97 Å². The Balaban J connectivity index is 2.11. The molecule has 1 aliphatic rings. The number of hydrogen-bond acceptors (Lipinski definition) is 3. The highest BCUT2D eigenvalue weighted by Crippen LogP contribution is 2.15. The van der Waals surface area contributed by atoms with Crippen LogP contribution in [-0.2, 0) is 16.0 Å². The van der Waals surface area contributed by atoms with E-state index < -0.39 is 0 Å². The zero-order valence-corrected chi connectivity index (χ0v) is 7.69. The first-order chi connectivity index (χ1) is 6.74. The van der Waals surface area contributed by atoms with Gasteiger partial charge in [0.05, 0.1) is 0 Å². The van der Waals surface area contributed by atoms with E-state index in [9.17, 15) is 4.79 Å². The van der Waals surface area contributed by atoms with Crippen LogP contribution in [0, 0.1) is 0 Å². The van der Waals surface area contributed by atoms with Gasteiger partial charge in [-0.15, -0.1) is 0 Å². The van der Waals surface area contributed by atoms with Gasteiger partial charge < -0.3 is 10.5 Å². The van der Waals surface area contributed by atoms with E-state index in [1.807, 2.05) is 24.3 Å². The highest BCUT2D eigenvalue weighted by atomic mass is 16.5. The van der Waals surface area contributed by atoms with E-state index in [-0.39, 0.29) is 5.97 Å². The maximum atomic E-state index is 10.8. The Kier molecular flexibility index (Phi) is 2.23. The van der Waals surface area contributed by atoms with Crippen LogP contribution in [-0.4, -0.2) is 12.6 Å². The van der Waals surface area contributed by atoms with Gasteiger partial charge in [-0.2, -0.15) is 0 Å². The molecule has 1 aliphatic heterocycles. The Morgan fingerprint density at radius 3 is 2.93 bits per heavy atom. The van der Waals surface area contributed by atoms with Crippen molar-refractivity contribution in [3.63, 3.8) is 0 Å². The van der Waals surface area contributed by atoms with E-state index in [4.69, 9.17) is 10.5 Å². The number of ether oxygens (including phenoxy) is 1. The van der Waals surface area contributed by atoms with Crippen molar-refractivity contribution in [2.24, 2.45) is 0 Å². The minimum Gasteiger partial charge on any atom is -0.458 e. The van der Waals surface area contributed by atoms with E-state index in [1.165, 1.54) is 0 Å². The number of rotatable bonds is 2. The van der Waals surface area contributed by atoms with Crippen molar-refractivity contribution in [2.75, 3.05) is 12.3 Å². The number of carbonyl (C=O) groups excluding carboxylic acids is 1. The van der Waals surface area contributed by atoms with Crippen molar-refractivity contribution in [3.05, 3.63) is 41.5 Å². The second-order valence-electron chi connectivity index (χ2n) is 3.33. The molecule has 0 radical (unpaired) electrons. The third-order valence-electron chi connectivity index (χ3n) is 2.10. The molecule has 0 atom stereocenters. The fourth-order valence-corrected chi connectivity index (χ4v) is 1.48. The van der Waals surface area contributed by atoms with E-state index in [2.05, 4.69) is 0 Å². The van der Waals surface area contributed by atoms with Crippen molar-refractivity contribution < 1.29 is 9.53 Å². The van der Waals surface area contributed by atoms with Crippen molar-refractivity contribution in [1.29, 1.82) is 0 Å². The van der Waals surface area contributed by atoms with Crippen LogP contribution >= 0.6 is 0 Å². The molecule has 1 aromatic carbocycles. The Morgan fingerprint density at radius 2 is 2.29 bits per heavy atom. The van der Waals surface area contributed by atoms with E-state index in [1.54, 1.807) is 6.08 Å². The molecule has 1 aromatic rings. The molecule has 0 saturated heterocycles. The number of cyclic esters (lactones) is 1. The lowest BCUT2D eigenvalue weighted by Crippen LogP contribution is -1.95. The molecule has 1 heterocycles. The van der Waals surface area contributed by atoms with Crippen LogP contribution in [0.5, 0.6) is 0 Å². The van der Waals surface area contributed by atoms with Gasteiger partial charge in [-0.05, 0) is 29.7 Å². The number of anilines is 1. The van der Waals surface area contributed by atoms with E-state index >= 15 is 0 Å². The molecular weight excluding hydrogens is 178 g/mol. The van der Waals surface area contributed by atoms with Crippen molar-refractivity contribution >= 4 is 11.7 Å². The summed E-state index contributed by atoms with van der Waals surface area (Å²) in [5, 5.41) is 0. The summed E-state index contributed by atoms with van der Waals surface area (Å²) >= 11 is 0. The molecule has 2 N–H and O–H groups in total. The zero-order chi connectivity index (χ0) is 9.97. The summed E-state index contributed by atoms with van der Waals surface area (Å²) < 4.78 is 4.81. The number of hydrogen-bond donors (Lipinski definition) is 1. The summed E-state index contributed by atoms with van der Waals surface area (Å²) in [4.78, 5) is 10.8. The number of carbonyl (C=O) groups is 1. The monoisotopic (exact) mass is 189 g/mol. The fraction of sp³-hybridized carbons (Fsp3) is 0.182. The molecule has 2 rings (SSSR count). The third-order valence-corrected chi connectivity index (χ3v) is 2.10. The Bertz CT molecular complexity index is 396. The summed E-state index contributed by atoms with van der Waals surface area (Å²) in [6.45, 7) is 0.410. The maximum Gasteiger partial charge on any atom is 0.331 e. The summed E-state index contributed by atoms with van der Waals surface area (Å²) in [7, 11) is 0. The second kappa shape index (κ2) is 3.54. The minimum absolute atomic E-state index is 0.246. The van der Waals surface area contributed by atoms with Crippen molar-refractivity contribution in [3.8, 4) is 0 Å². The molecule has 0 fully saturated rings. The Hall–Kier alpha value is -1.77. The maximum absolute atomic E-state index is 10.8. The summed E-state index contributed by atoms with van der Waals surface area (Å²) in [6, 6.07) is 7.64. The van der Waals surface area contributed by atoms with Crippen molar-refractivity contribution in [1.82, 2.24) is 0 Å². The fourth-order valence-electron chi connectivity index (χ4n) is 1.48. The Labute approximate surface area is 82.2 Å². The van der Waals surface area contributed by atoms with Gasteiger partial charge in [-0.25, -0.2) is 4.79 Å². The molecule has 0 aliphatic carbocycles. The lowest BCUT2D eigenvalue weighted by molar-refractivity contribution is -0.134. The summed E-state index contributed by atoms with van der Waals surface area (Å²) in [5.41, 5.74) is 8.49. The van der Waals surface area contributed by atoms with Gasteiger partial charge in [-0.3, -0.25) is 0 Å². The molecule has 0 aromatic heterocycles. The number of benzene rings is 1.